The Balaban J connectivity index is 2.28. The summed E-state index contributed by atoms with van der Waals surface area (Å²) in [7, 11) is 0. The minimum atomic E-state index is -0.250. The maximum atomic E-state index is 10.9. The number of carbonyl (C=O) groups excluding carboxylic acids is 1. The number of carbonyl (C=O) groups is 1. The van der Waals surface area contributed by atoms with Crippen molar-refractivity contribution in [2.75, 3.05) is 13.2 Å². The van der Waals surface area contributed by atoms with Gasteiger partial charge in [-0.15, -0.1) is 0 Å². The van der Waals surface area contributed by atoms with Crippen LogP contribution in [-0.2, 0) is 9.53 Å². The second-order valence-electron chi connectivity index (χ2n) is 1.97. The molecule has 0 aromatic carbocycles. The Morgan fingerprint density at radius 1 is 2.00 bits per heavy atom. The van der Waals surface area contributed by atoms with Crippen molar-refractivity contribution >= 4 is 12.3 Å². The van der Waals surface area contributed by atoms with E-state index in [0.717, 1.165) is 0 Å². The Morgan fingerprint density at radius 2 is 2.80 bits per heavy atom. The largest absolute Gasteiger partial charge is 0.464 e. The maximum Gasteiger partial charge on any atom is 0.330 e. The molecule has 10 heavy (non-hydrogen) atoms. The minimum Gasteiger partial charge on any atom is -0.464 e. The highest BCUT2D eigenvalue weighted by Crippen LogP contribution is 1.93. The molecule has 0 aromatic rings. The fourth-order valence-corrected chi connectivity index (χ4v) is 0.739. The van der Waals surface area contributed by atoms with Crippen molar-refractivity contribution in [1.29, 1.82) is 0 Å². The summed E-state index contributed by atoms with van der Waals surface area (Å²) in [5.41, 5.74) is 0. The number of nitrogens with one attached hydrogen (secondary N) is 1. The molecule has 56 valence electrons. The van der Waals surface area contributed by atoms with E-state index in [4.69, 9.17) is 4.74 Å². The Hall–Kier alpha value is -1.06. The third-order valence-corrected chi connectivity index (χ3v) is 1.23. The molecule has 1 aliphatic rings. The first-order valence-electron chi connectivity index (χ1n) is 3.25. The highest BCUT2D eigenvalue weighted by atomic mass is 16.5. The van der Waals surface area contributed by atoms with Gasteiger partial charge in [-0.25, -0.2) is 4.79 Å². The van der Waals surface area contributed by atoms with E-state index >= 15 is 0 Å². The van der Waals surface area contributed by atoms with Crippen LogP contribution < -0.4 is 5.32 Å². The number of hydrogen-bond donors (Lipinski definition) is 1. The quantitative estimate of drug-likeness (QED) is 0.531. The molecule has 0 saturated heterocycles. The first-order chi connectivity index (χ1) is 4.84. The Bertz CT molecular complexity index is 148. The molecular weight excluding hydrogens is 132 g/mol. The zero-order chi connectivity index (χ0) is 7.40. The molecule has 1 N–H and O–H groups in total. The lowest BCUT2D eigenvalue weighted by Gasteiger charge is -2.06. The van der Waals surface area contributed by atoms with Gasteiger partial charge in [0, 0.05) is 0 Å². The van der Waals surface area contributed by atoms with E-state index in [9.17, 15) is 4.79 Å². The summed E-state index contributed by atoms with van der Waals surface area (Å²) < 4.78 is 4.74. The third-order valence-electron chi connectivity index (χ3n) is 1.23. The molecule has 1 aliphatic heterocycles. The number of hydrogen-bond acceptors (Lipinski definition) is 4. The molecule has 1 unspecified atom stereocenters. The molecule has 0 amide bonds. The van der Waals surface area contributed by atoms with Crippen molar-refractivity contribution in [3.63, 3.8) is 0 Å². The molecule has 0 fully saturated rings. The second-order valence-corrected chi connectivity index (χ2v) is 1.97. The van der Waals surface area contributed by atoms with Gasteiger partial charge in [0.25, 0.3) is 0 Å². The number of ether oxygens (including phenoxy) is 1. The zero-order valence-corrected chi connectivity index (χ0v) is 5.83. The van der Waals surface area contributed by atoms with Gasteiger partial charge in [-0.1, -0.05) is 0 Å². The number of nitrogens with zero attached hydrogens (tertiary/aromatic N) is 1. The summed E-state index contributed by atoms with van der Waals surface area (Å²) in [5.74, 6) is -0.222. The van der Waals surface area contributed by atoms with Gasteiger partial charge in [0.15, 0.2) is 0 Å². The first kappa shape index (κ1) is 7.05. The van der Waals surface area contributed by atoms with Gasteiger partial charge in [0.1, 0.15) is 6.04 Å². The number of esters is 1. The van der Waals surface area contributed by atoms with E-state index in [1.807, 2.05) is 0 Å². The summed E-state index contributed by atoms with van der Waals surface area (Å²) >= 11 is 0. The summed E-state index contributed by atoms with van der Waals surface area (Å²) in [6, 6.07) is -0.250. The number of aliphatic imine (C=N–C) groups is 1. The van der Waals surface area contributed by atoms with Crippen LogP contribution in [0.25, 0.3) is 0 Å². The van der Waals surface area contributed by atoms with Crippen molar-refractivity contribution < 1.29 is 9.53 Å². The molecule has 1 rings (SSSR count). The van der Waals surface area contributed by atoms with Crippen LogP contribution in [0.5, 0.6) is 0 Å². The predicted octanol–water partition coefficient (Wildman–Crippen LogP) is -0.450. The molecule has 1 atom stereocenters. The Labute approximate surface area is 59.3 Å². The minimum absolute atomic E-state index is 0.222. The van der Waals surface area contributed by atoms with Gasteiger partial charge in [-0.3, -0.25) is 4.99 Å². The molecule has 4 nitrogen and oxygen atoms in total. The van der Waals surface area contributed by atoms with Crippen LogP contribution in [-0.4, -0.2) is 31.5 Å². The van der Waals surface area contributed by atoms with Crippen LogP contribution in [0.3, 0.4) is 0 Å². The lowest BCUT2D eigenvalue weighted by atomic mass is 10.3. The van der Waals surface area contributed by atoms with E-state index in [2.05, 4.69) is 10.3 Å². The van der Waals surface area contributed by atoms with Crippen LogP contribution in [0.2, 0.25) is 0 Å². The second kappa shape index (κ2) is 3.20. The normalized spacial score (nSPS) is 22.3. The molecule has 0 saturated carbocycles. The Kier molecular flexibility index (Phi) is 2.25. The Morgan fingerprint density at radius 3 is 3.30 bits per heavy atom. The van der Waals surface area contributed by atoms with Gasteiger partial charge < -0.3 is 10.1 Å². The average Bonchev–Trinajstić information content (AvgIpc) is 2.38. The molecule has 0 spiro atoms. The topological polar surface area (TPSA) is 50.7 Å². The van der Waals surface area contributed by atoms with Crippen LogP contribution in [0, 0.1) is 0 Å². The van der Waals surface area contributed by atoms with E-state index in [1.54, 1.807) is 6.92 Å². The van der Waals surface area contributed by atoms with Crippen molar-refractivity contribution in [3.8, 4) is 0 Å². The lowest BCUT2D eigenvalue weighted by molar-refractivity contribution is -0.144. The fourth-order valence-electron chi connectivity index (χ4n) is 0.739. The third kappa shape index (κ3) is 1.46. The molecule has 0 aliphatic carbocycles. The van der Waals surface area contributed by atoms with Gasteiger partial charge in [0.2, 0.25) is 0 Å². The first-order valence-corrected chi connectivity index (χ1v) is 3.25. The van der Waals surface area contributed by atoms with Gasteiger partial charge in [-0.05, 0) is 6.92 Å². The van der Waals surface area contributed by atoms with Crippen molar-refractivity contribution in [1.82, 2.24) is 5.32 Å². The van der Waals surface area contributed by atoms with E-state index < -0.39 is 0 Å². The van der Waals surface area contributed by atoms with Crippen LogP contribution in [0.1, 0.15) is 6.92 Å². The average molecular weight is 142 g/mol. The number of rotatable bonds is 2. The van der Waals surface area contributed by atoms with Gasteiger partial charge in [0.05, 0.1) is 19.5 Å². The summed E-state index contributed by atoms with van der Waals surface area (Å²) in [6.07, 6.45) is 1.53. The van der Waals surface area contributed by atoms with Crippen molar-refractivity contribution in [3.05, 3.63) is 0 Å². The smallest absolute Gasteiger partial charge is 0.330 e. The van der Waals surface area contributed by atoms with Gasteiger partial charge in [-0.2, -0.15) is 0 Å². The summed E-state index contributed by atoms with van der Waals surface area (Å²) in [6.45, 7) is 2.71. The van der Waals surface area contributed by atoms with Crippen LogP contribution in [0.4, 0.5) is 0 Å². The van der Waals surface area contributed by atoms with Crippen molar-refractivity contribution in [2.24, 2.45) is 4.99 Å². The molecule has 0 bridgehead atoms. The van der Waals surface area contributed by atoms with Gasteiger partial charge >= 0.3 is 5.97 Å². The van der Waals surface area contributed by atoms with Crippen molar-refractivity contribution in [2.45, 2.75) is 13.0 Å². The van der Waals surface area contributed by atoms with E-state index in [1.165, 1.54) is 6.34 Å². The highest BCUT2D eigenvalue weighted by Gasteiger charge is 2.20. The zero-order valence-electron chi connectivity index (χ0n) is 5.83. The molecule has 4 heteroatoms. The van der Waals surface area contributed by atoms with E-state index in [0.29, 0.717) is 13.2 Å². The van der Waals surface area contributed by atoms with Crippen LogP contribution in [0.15, 0.2) is 4.99 Å². The summed E-state index contributed by atoms with van der Waals surface area (Å²) in [5, 5.41) is 2.77. The highest BCUT2D eigenvalue weighted by molar-refractivity contribution is 5.81. The van der Waals surface area contributed by atoms with E-state index in [-0.39, 0.29) is 12.0 Å². The maximum absolute atomic E-state index is 10.9. The standard InChI is InChI=1S/C6H10N2O2/c1-2-10-6(9)5-3-7-4-8-5/h4-5H,2-3H2,1H3,(H,7,8). The predicted molar refractivity (Wildman–Crippen MR) is 36.9 cm³/mol. The SMILES string of the molecule is CCOC(=O)C1CN=CN1. The summed E-state index contributed by atoms with van der Waals surface area (Å²) in [4.78, 5) is 14.7. The fraction of sp³-hybridized carbons (Fsp3) is 0.667. The lowest BCUT2D eigenvalue weighted by Crippen LogP contribution is -2.35. The van der Waals surface area contributed by atoms with Crippen LogP contribution >= 0.6 is 0 Å². The monoisotopic (exact) mass is 142 g/mol. The molecule has 1 heterocycles. The molecular formula is C6H10N2O2. The molecule has 0 aromatic heterocycles. The molecule has 0 radical (unpaired) electrons.